The van der Waals surface area contributed by atoms with Crippen LogP contribution in [0.5, 0.6) is 0 Å². The van der Waals surface area contributed by atoms with Gasteiger partial charge in [0.2, 0.25) is 0 Å². The molecule has 0 amide bonds. The molecule has 7 heteroatoms. The van der Waals surface area contributed by atoms with Crippen LogP contribution < -0.4 is 4.90 Å². The van der Waals surface area contributed by atoms with Crippen LogP contribution in [0.15, 0.2) is 12.1 Å². The van der Waals surface area contributed by atoms with Crippen LogP contribution in [-0.2, 0) is 4.74 Å². The minimum absolute atomic E-state index is 0.150. The van der Waals surface area contributed by atoms with Gasteiger partial charge in [-0.1, -0.05) is 0 Å². The van der Waals surface area contributed by atoms with Gasteiger partial charge in [0, 0.05) is 13.1 Å². The summed E-state index contributed by atoms with van der Waals surface area (Å²) < 4.78 is 32.9. The van der Waals surface area contributed by atoms with Crippen LogP contribution in [0.2, 0.25) is 0 Å². The minimum atomic E-state index is -1.39. The third-order valence-corrected chi connectivity index (χ3v) is 2.92. The molecule has 104 valence electrons. The molecule has 0 radical (unpaired) electrons. The average molecular weight is 273 g/mol. The smallest absolute Gasteiger partial charge is 0.335 e. The molecule has 0 bridgehead atoms. The molecule has 0 aromatic heterocycles. The number of rotatable bonds is 3. The highest BCUT2D eigenvalue weighted by Crippen LogP contribution is 2.26. The molecular weight excluding hydrogens is 260 g/mol. The third kappa shape index (κ3) is 2.82. The van der Waals surface area contributed by atoms with E-state index in [0.717, 1.165) is 12.1 Å². The lowest BCUT2D eigenvalue weighted by Crippen LogP contribution is -2.44. The fourth-order valence-electron chi connectivity index (χ4n) is 2.02. The number of anilines is 1. The third-order valence-electron chi connectivity index (χ3n) is 2.92. The van der Waals surface area contributed by atoms with Crippen molar-refractivity contribution < 1.29 is 28.5 Å². The van der Waals surface area contributed by atoms with E-state index in [1.54, 1.807) is 0 Å². The van der Waals surface area contributed by atoms with Crippen molar-refractivity contribution >= 4 is 11.7 Å². The summed E-state index contributed by atoms with van der Waals surface area (Å²) in [5, 5.41) is 17.7. The Labute approximate surface area is 108 Å². The summed E-state index contributed by atoms with van der Waals surface area (Å²) in [5.74, 6) is -3.26. The summed E-state index contributed by atoms with van der Waals surface area (Å²) in [6.45, 7) is 0.422. The molecule has 0 saturated carbocycles. The summed E-state index contributed by atoms with van der Waals surface area (Å²) in [4.78, 5) is 12.1. The maximum atomic E-state index is 13.8. The lowest BCUT2D eigenvalue weighted by atomic mass is 10.1. The van der Waals surface area contributed by atoms with Crippen LogP contribution in [0.25, 0.3) is 0 Å². The number of hydrogen-bond acceptors (Lipinski definition) is 4. The molecular formula is C12H13F2NO4. The number of aliphatic hydroxyl groups is 1. The van der Waals surface area contributed by atoms with Gasteiger partial charge < -0.3 is 19.8 Å². The van der Waals surface area contributed by atoms with Crippen LogP contribution in [0, 0.1) is 11.6 Å². The van der Waals surface area contributed by atoms with Gasteiger partial charge in [0.15, 0.2) is 0 Å². The molecule has 2 rings (SSSR count). The van der Waals surface area contributed by atoms with E-state index in [1.165, 1.54) is 4.90 Å². The second-order valence-corrected chi connectivity index (χ2v) is 4.22. The van der Waals surface area contributed by atoms with Crippen molar-refractivity contribution in [1.29, 1.82) is 0 Å². The molecule has 1 heterocycles. The molecule has 1 atom stereocenters. The number of carbonyl (C=O) groups is 1. The van der Waals surface area contributed by atoms with E-state index in [-0.39, 0.29) is 32.0 Å². The molecule has 0 aliphatic carbocycles. The van der Waals surface area contributed by atoms with Crippen molar-refractivity contribution in [2.45, 2.75) is 6.10 Å². The molecule has 2 N–H and O–H groups in total. The van der Waals surface area contributed by atoms with E-state index in [1.807, 2.05) is 0 Å². The van der Waals surface area contributed by atoms with Crippen LogP contribution in [0.4, 0.5) is 14.5 Å². The van der Waals surface area contributed by atoms with Gasteiger partial charge in [-0.3, -0.25) is 0 Å². The zero-order valence-corrected chi connectivity index (χ0v) is 9.97. The van der Waals surface area contributed by atoms with Gasteiger partial charge in [-0.2, -0.15) is 0 Å². The van der Waals surface area contributed by atoms with E-state index in [0.29, 0.717) is 0 Å². The van der Waals surface area contributed by atoms with Crippen molar-refractivity contribution in [2.75, 3.05) is 31.2 Å². The first-order valence-corrected chi connectivity index (χ1v) is 5.72. The Morgan fingerprint density at radius 1 is 1.42 bits per heavy atom. The van der Waals surface area contributed by atoms with Crippen molar-refractivity contribution in [3.8, 4) is 0 Å². The first-order chi connectivity index (χ1) is 9.02. The van der Waals surface area contributed by atoms with E-state index in [2.05, 4.69) is 0 Å². The predicted molar refractivity (Wildman–Crippen MR) is 62.4 cm³/mol. The number of benzene rings is 1. The van der Waals surface area contributed by atoms with Crippen molar-refractivity contribution in [1.82, 2.24) is 0 Å². The maximum Gasteiger partial charge on any atom is 0.335 e. The van der Waals surface area contributed by atoms with Gasteiger partial charge in [0.05, 0.1) is 24.9 Å². The van der Waals surface area contributed by atoms with Gasteiger partial charge in [-0.25, -0.2) is 13.6 Å². The van der Waals surface area contributed by atoms with E-state index >= 15 is 0 Å². The zero-order chi connectivity index (χ0) is 14.0. The van der Waals surface area contributed by atoms with E-state index < -0.39 is 29.3 Å². The highest BCUT2D eigenvalue weighted by Gasteiger charge is 2.25. The monoisotopic (exact) mass is 273 g/mol. The fourth-order valence-corrected chi connectivity index (χ4v) is 2.02. The lowest BCUT2D eigenvalue weighted by molar-refractivity contribution is 0.00323. The average Bonchev–Trinajstić information content (AvgIpc) is 2.38. The fraction of sp³-hybridized carbons (Fsp3) is 0.417. The molecule has 1 fully saturated rings. The van der Waals surface area contributed by atoms with Crippen molar-refractivity contribution in [3.05, 3.63) is 29.3 Å². The Balaban J connectivity index is 2.31. The largest absolute Gasteiger partial charge is 0.478 e. The molecule has 5 nitrogen and oxygen atoms in total. The number of morpholine rings is 1. The Morgan fingerprint density at radius 2 is 2.05 bits per heavy atom. The summed E-state index contributed by atoms with van der Waals surface area (Å²) in [5.41, 5.74) is -0.725. The van der Waals surface area contributed by atoms with Gasteiger partial charge in [-0.15, -0.1) is 0 Å². The summed E-state index contributed by atoms with van der Waals surface area (Å²) in [7, 11) is 0. The highest BCUT2D eigenvalue weighted by molar-refractivity contribution is 5.88. The van der Waals surface area contributed by atoms with Crippen molar-refractivity contribution in [2.24, 2.45) is 0 Å². The normalized spacial score (nSPS) is 19.5. The Morgan fingerprint density at radius 3 is 2.58 bits per heavy atom. The molecule has 19 heavy (non-hydrogen) atoms. The Hall–Kier alpha value is -1.73. The topological polar surface area (TPSA) is 70.0 Å². The number of aromatic carboxylic acids is 1. The van der Waals surface area contributed by atoms with Gasteiger partial charge >= 0.3 is 5.97 Å². The summed E-state index contributed by atoms with van der Waals surface area (Å²) in [6, 6.07) is 1.56. The van der Waals surface area contributed by atoms with Crippen LogP contribution in [-0.4, -0.2) is 48.6 Å². The number of carboxylic acid groups (broad SMARTS) is 1. The highest BCUT2D eigenvalue weighted by atomic mass is 19.1. The first-order valence-electron chi connectivity index (χ1n) is 5.72. The van der Waals surface area contributed by atoms with Crippen molar-refractivity contribution in [3.63, 3.8) is 0 Å². The minimum Gasteiger partial charge on any atom is -0.478 e. The molecule has 1 aliphatic rings. The van der Waals surface area contributed by atoms with Crippen LogP contribution in [0.1, 0.15) is 10.4 Å². The van der Waals surface area contributed by atoms with Gasteiger partial charge in [0.25, 0.3) is 0 Å². The number of hydrogen-bond donors (Lipinski definition) is 2. The quantitative estimate of drug-likeness (QED) is 0.854. The maximum absolute atomic E-state index is 13.8. The predicted octanol–water partition coefficient (Wildman–Crippen LogP) is 0.861. The first kappa shape index (κ1) is 13.7. The summed E-state index contributed by atoms with van der Waals surface area (Å²) in [6.07, 6.45) is -0.508. The number of aliphatic hydroxyl groups excluding tert-OH is 1. The van der Waals surface area contributed by atoms with Crippen LogP contribution in [0.3, 0.4) is 0 Å². The Kier molecular flexibility index (Phi) is 3.96. The second-order valence-electron chi connectivity index (χ2n) is 4.22. The van der Waals surface area contributed by atoms with Gasteiger partial charge in [-0.05, 0) is 12.1 Å². The SMILES string of the molecule is O=C(O)c1cc(F)c(N2CCOC(CO)C2)c(F)c1. The standard InChI is InChI=1S/C12H13F2NO4/c13-9-3-7(12(17)18)4-10(14)11(9)15-1-2-19-8(5-15)6-16/h3-4,8,16H,1-2,5-6H2,(H,17,18). The number of halogens is 2. The van der Waals surface area contributed by atoms with E-state index in [4.69, 9.17) is 14.9 Å². The molecule has 1 aliphatic heterocycles. The van der Waals surface area contributed by atoms with Crippen LogP contribution >= 0.6 is 0 Å². The molecule has 1 aromatic rings. The molecule has 1 aromatic carbocycles. The van der Waals surface area contributed by atoms with E-state index in [9.17, 15) is 13.6 Å². The molecule has 1 unspecified atom stereocenters. The molecule has 1 saturated heterocycles. The van der Waals surface area contributed by atoms with Gasteiger partial charge in [0.1, 0.15) is 17.3 Å². The molecule has 0 spiro atoms. The number of carboxylic acids is 1. The zero-order valence-electron chi connectivity index (χ0n) is 9.97. The number of ether oxygens (including phenoxy) is 1. The second kappa shape index (κ2) is 5.50. The number of nitrogens with zero attached hydrogens (tertiary/aromatic N) is 1. The summed E-state index contributed by atoms with van der Waals surface area (Å²) >= 11 is 0. The lowest BCUT2D eigenvalue weighted by Gasteiger charge is -2.34. The Bertz CT molecular complexity index is 472.